The minimum atomic E-state index is 0.000717. The third kappa shape index (κ3) is 22.3. The molecule has 1 N–H and O–H groups in total. The van der Waals surface area contributed by atoms with E-state index in [1.165, 1.54) is 83.5 Å². The molecule has 0 unspecified atom stereocenters. The molecule has 4 rings (SSSR count). The van der Waals surface area contributed by atoms with E-state index in [4.69, 9.17) is 28.4 Å². The minimum absolute atomic E-state index is 0.000717. The van der Waals surface area contributed by atoms with Crippen molar-refractivity contribution in [2.45, 2.75) is 267 Å². The molecule has 0 bridgehead atoms. The van der Waals surface area contributed by atoms with Crippen LogP contribution in [0.1, 0.15) is 267 Å². The van der Waals surface area contributed by atoms with Crippen LogP contribution in [0.4, 0.5) is 5.69 Å². The molecule has 0 aliphatic heterocycles. The van der Waals surface area contributed by atoms with Gasteiger partial charge in [-0.3, -0.25) is 4.79 Å². The molecule has 4 aromatic carbocycles. The molecule has 0 saturated heterocycles. The van der Waals surface area contributed by atoms with Crippen molar-refractivity contribution in [2.24, 2.45) is 0 Å². The summed E-state index contributed by atoms with van der Waals surface area (Å²) in [5, 5.41) is 9.47. The first-order valence-electron chi connectivity index (χ1n) is 31.1. The fourth-order valence-corrected chi connectivity index (χ4v) is 10.0. The number of hydrogen-bond donors (Lipinski definition) is 1. The van der Waals surface area contributed by atoms with Crippen molar-refractivity contribution in [2.75, 3.05) is 45.0 Å². The Morgan fingerprint density at radius 2 is 0.568 bits per heavy atom. The molecule has 418 valence electrons. The summed E-state index contributed by atoms with van der Waals surface area (Å²) < 4.78 is 40.9. The number of carbonyl (C=O) groups excluding carboxylic acids is 1. The second-order valence-electron chi connectivity index (χ2n) is 21.3. The van der Waals surface area contributed by atoms with Crippen molar-refractivity contribution in [3.8, 4) is 34.5 Å². The Kier molecular flexibility index (Phi) is 33.2. The van der Waals surface area contributed by atoms with E-state index in [0.29, 0.717) is 63.2 Å². The van der Waals surface area contributed by atoms with Gasteiger partial charge in [-0.2, -0.15) is 0 Å². The molecule has 0 heterocycles. The average Bonchev–Trinajstić information content (AvgIpc) is 3.40. The van der Waals surface area contributed by atoms with Crippen molar-refractivity contribution in [1.29, 1.82) is 0 Å². The largest absolute Gasteiger partial charge is 0.490 e. The van der Waals surface area contributed by atoms with E-state index in [-0.39, 0.29) is 5.91 Å². The second kappa shape index (κ2) is 39.3. The lowest BCUT2D eigenvalue weighted by atomic mass is 9.91. The van der Waals surface area contributed by atoms with Gasteiger partial charge in [0.2, 0.25) is 5.91 Å². The van der Waals surface area contributed by atoms with Crippen LogP contribution in [-0.4, -0.2) is 45.5 Å². The van der Waals surface area contributed by atoms with Crippen LogP contribution in [0.15, 0.2) is 30.3 Å². The monoisotopic (exact) mass is 1030 g/mol. The smallest absolute Gasteiger partial charge is 0.224 e. The number of fused-ring (bicyclic) bond motifs is 6. The number of rotatable bonds is 47. The Balaban J connectivity index is 2.05. The Morgan fingerprint density at radius 3 is 0.919 bits per heavy atom. The van der Waals surface area contributed by atoms with E-state index in [2.05, 4.69) is 84.1 Å². The van der Waals surface area contributed by atoms with E-state index in [9.17, 15) is 4.79 Å². The number of ether oxygens (including phenoxy) is 6. The first-order valence-corrected chi connectivity index (χ1v) is 31.1. The van der Waals surface area contributed by atoms with Gasteiger partial charge in [0, 0.05) is 11.8 Å². The summed E-state index contributed by atoms with van der Waals surface area (Å²) in [5.41, 5.74) is 0.676. The van der Waals surface area contributed by atoms with Crippen LogP contribution in [0.3, 0.4) is 0 Å². The highest BCUT2D eigenvalue weighted by Gasteiger charge is 2.26. The van der Waals surface area contributed by atoms with Crippen LogP contribution in [0, 0.1) is 0 Å². The predicted octanol–water partition coefficient (Wildman–Crippen LogP) is 20.8. The molecule has 0 aliphatic rings. The summed E-state index contributed by atoms with van der Waals surface area (Å²) in [6, 6.07) is 11.0. The maximum Gasteiger partial charge on any atom is 0.224 e. The highest BCUT2D eigenvalue weighted by Crippen LogP contribution is 2.51. The Hall–Kier alpha value is -4.07. The zero-order chi connectivity index (χ0) is 52.9. The molecule has 8 nitrogen and oxygen atoms in total. The SMILES string of the molecule is CCCCCCCCCCCC(=O)Nc1c(OCCCCCC)c(OCCCCCC)cc2c3cc(OCCCCCC)c(OCCCCCC)cc3c3cc(OCCCCCC)c(OCCCCCC)cc3c12. The van der Waals surface area contributed by atoms with Gasteiger partial charge in [0.15, 0.2) is 34.5 Å². The number of carbonyl (C=O) groups is 1. The maximum atomic E-state index is 14.6. The summed E-state index contributed by atoms with van der Waals surface area (Å²) in [6.07, 6.45) is 37.7. The fraction of sp³-hybridized carbons (Fsp3) is 0.712. The fourth-order valence-electron chi connectivity index (χ4n) is 10.0. The topological polar surface area (TPSA) is 84.5 Å². The number of anilines is 1. The predicted molar refractivity (Wildman–Crippen MR) is 317 cm³/mol. The van der Waals surface area contributed by atoms with Crippen LogP contribution in [0.2, 0.25) is 0 Å². The Labute approximate surface area is 451 Å². The third-order valence-electron chi connectivity index (χ3n) is 14.6. The number of amides is 1. The van der Waals surface area contributed by atoms with E-state index < -0.39 is 0 Å². The van der Waals surface area contributed by atoms with Gasteiger partial charge in [0.25, 0.3) is 0 Å². The van der Waals surface area contributed by atoms with Crippen molar-refractivity contribution in [1.82, 2.24) is 0 Å². The summed E-state index contributed by atoms with van der Waals surface area (Å²) in [4.78, 5) is 14.6. The normalized spacial score (nSPS) is 11.5. The molecule has 0 saturated carbocycles. The van der Waals surface area contributed by atoms with Gasteiger partial charge in [-0.15, -0.1) is 0 Å². The van der Waals surface area contributed by atoms with Crippen molar-refractivity contribution in [3.63, 3.8) is 0 Å². The second-order valence-corrected chi connectivity index (χ2v) is 21.3. The molecule has 74 heavy (non-hydrogen) atoms. The zero-order valence-electron chi connectivity index (χ0n) is 48.5. The standard InChI is InChI=1S/C66H107NO7/c1-8-15-22-29-30-31-32-33-34-41-63(68)67-65-64-56-51-61(72-45-38-26-19-12-5)60(71-44-37-25-18-11-4)49-54(56)53-48-58(69-42-35-23-16-9-2)59(70-43-36-24-17-10-3)50-55(53)57(64)52-62(73-46-39-27-20-13-6)66(65)74-47-40-28-21-14-7/h48-52H,8-47H2,1-7H3,(H,67,68). The lowest BCUT2D eigenvalue weighted by molar-refractivity contribution is -0.116. The van der Waals surface area contributed by atoms with Gasteiger partial charge in [0.05, 0.1) is 45.3 Å². The first kappa shape index (κ1) is 62.5. The van der Waals surface area contributed by atoms with Crippen molar-refractivity contribution in [3.05, 3.63) is 30.3 Å². The number of hydrogen-bond acceptors (Lipinski definition) is 7. The van der Waals surface area contributed by atoms with Crippen molar-refractivity contribution < 1.29 is 33.2 Å². The summed E-state index contributed by atoms with van der Waals surface area (Å²) in [5.74, 6) is 4.27. The zero-order valence-corrected chi connectivity index (χ0v) is 48.5. The Bertz CT molecular complexity index is 2050. The van der Waals surface area contributed by atoms with Crippen molar-refractivity contribution >= 4 is 43.9 Å². The maximum absolute atomic E-state index is 14.6. The quantitative estimate of drug-likeness (QED) is 0.0349. The van der Waals surface area contributed by atoms with Gasteiger partial charge in [-0.1, -0.05) is 215 Å². The molecule has 0 atom stereocenters. The summed E-state index contributed by atoms with van der Waals surface area (Å²) >= 11 is 0. The van der Waals surface area contributed by atoms with Gasteiger partial charge < -0.3 is 33.7 Å². The summed E-state index contributed by atoms with van der Waals surface area (Å²) in [7, 11) is 0. The molecule has 0 aromatic heterocycles. The van der Waals surface area contributed by atoms with Crippen LogP contribution < -0.4 is 33.7 Å². The van der Waals surface area contributed by atoms with Crippen LogP contribution in [0.5, 0.6) is 34.5 Å². The lowest BCUT2D eigenvalue weighted by Gasteiger charge is -2.23. The number of nitrogens with one attached hydrogen (secondary N) is 1. The lowest BCUT2D eigenvalue weighted by Crippen LogP contribution is -2.14. The molecule has 4 aromatic rings. The average molecular weight is 1030 g/mol. The molecule has 0 fully saturated rings. The molecular weight excluding hydrogens is 919 g/mol. The molecule has 0 aliphatic carbocycles. The highest BCUT2D eigenvalue weighted by atomic mass is 16.5. The number of unbranched alkanes of at least 4 members (excludes halogenated alkanes) is 26. The Morgan fingerprint density at radius 1 is 0.311 bits per heavy atom. The van der Waals surface area contributed by atoms with Gasteiger partial charge in [0.1, 0.15) is 0 Å². The third-order valence-corrected chi connectivity index (χ3v) is 14.6. The molecule has 8 heteroatoms. The van der Waals surface area contributed by atoms with Crippen LogP contribution >= 0.6 is 0 Å². The van der Waals surface area contributed by atoms with Crippen LogP contribution in [0.25, 0.3) is 32.3 Å². The van der Waals surface area contributed by atoms with Crippen LogP contribution in [-0.2, 0) is 4.79 Å². The molecule has 1 amide bonds. The molecular formula is C66H107NO7. The van der Waals surface area contributed by atoms with E-state index in [0.717, 1.165) is 184 Å². The summed E-state index contributed by atoms with van der Waals surface area (Å²) in [6.45, 7) is 19.3. The first-order chi connectivity index (χ1) is 36.5. The number of benzene rings is 4. The highest BCUT2D eigenvalue weighted by molar-refractivity contribution is 6.31. The van der Waals surface area contributed by atoms with Gasteiger partial charge in [-0.25, -0.2) is 0 Å². The molecule has 0 radical (unpaired) electrons. The molecule has 0 spiro atoms. The van der Waals surface area contributed by atoms with Gasteiger partial charge >= 0.3 is 0 Å². The minimum Gasteiger partial charge on any atom is -0.490 e. The van der Waals surface area contributed by atoms with E-state index in [1.54, 1.807) is 0 Å². The van der Waals surface area contributed by atoms with E-state index >= 15 is 0 Å². The van der Waals surface area contributed by atoms with E-state index in [1.807, 2.05) is 0 Å². The van der Waals surface area contributed by atoms with Gasteiger partial charge in [-0.05, 0) is 102 Å².